The van der Waals surface area contributed by atoms with Gasteiger partial charge in [0.1, 0.15) is 6.04 Å². The van der Waals surface area contributed by atoms with Gasteiger partial charge in [-0.3, -0.25) is 4.79 Å². The van der Waals surface area contributed by atoms with Gasteiger partial charge in [-0.2, -0.15) is 26.3 Å². The summed E-state index contributed by atoms with van der Waals surface area (Å²) in [5, 5.41) is 11.8. The number of amides is 1. The fourth-order valence-electron chi connectivity index (χ4n) is 6.56. The number of likely N-dealkylation sites (tertiary alicyclic amines) is 1. The third-order valence-electron chi connectivity index (χ3n) is 8.67. The number of benzene rings is 5. The number of nitrogens with zero attached hydrogens (tertiary/aromatic N) is 1. The number of nitrogens with one attached hydrogen (secondary N) is 2. The minimum Gasteiger partial charge on any atom is -0.350 e. The molecule has 4 nitrogen and oxygen atoms in total. The van der Waals surface area contributed by atoms with Crippen molar-refractivity contribution in [2.75, 3.05) is 11.9 Å². The van der Waals surface area contributed by atoms with Crippen LogP contribution in [0.4, 0.5) is 32.0 Å². The van der Waals surface area contributed by atoms with E-state index in [1.54, 1.807) is 0 Å². The van der Waals surface area contributed by atoms with E-state index in [0.29, 0.717) is 18.7 Å². The molecular formula is C35H31F6N3OS. The van der Waals surface area contributed by atoms with Crippen molar-refractivity contribution in [1.82, 2.24) is 10.2 Å². The molecule has 0 saturated carbocycles. The quantitative estimate of drug-likeness (QED) is 0.115. The van der Waals surface area contributed by atoms with Gasteiger partial charge in [0.05, 0.1) is 17.2 Å². The predicted molar refractivity (Wildman–Crippen MR) is 173 cm³/mol. The average Bonchev–Trinajstić information content (AvgIpc) is 3.46. The van der Waals surface area contributed by atoms with Crippen molar-refractivity contribution in [3.63, 3.8) is 0 Å². The lowest BCUT2D eigenvalue weighted by molar-refractivity contribution is -0.143. The van der Waals surface area contributed by atoms with Crippen molar-refractivity contribution >= 4 is 61.2 Å². The van der Waals surface area contributed by atoms with Crippen LogP contribution in [0.2, 0.25) is 0 Å². The number of anilines is 1. The molecule has 1 fully saturated rings. The van der Waals surface area contributed by atoms with E-state index in [-0.39, 0.29) is 23.1 Å². The second kappa shape index (κ2) is 11.3. The zero-order valence-electron chi connectivity index (χ0n) is 25.2. The predicted octanol–water partition coefficient (Wildman–Crippen LogP) is 9.69. The molecule has 46 heavy (non-hydrogen) atoms. The Labute approximate surface area is 267 Å². The molecule has 5 aromatic rings. The number of alkyl halides is 6. The Morgan fingerprint density at radius 1 is 0.826 bits per heavy atom. The molecule has 0 spiro atoms. The molecule has 1 amide bonds. The van der Waals surface area contributed by atoms with Crippen molar-refractivity contribution < 1.29 is 31.1 Å². The van der Waals surface area contributed by atoms with Crippen LogP contribution in [0.3, 0.4) is 0 Å². The van der Waals surface area contributed by atoms with Crippen LogP contribution >= 0.6 is 12.2 Å². The van der Waals surface area contributed by atoms with E-state index in [4.69, 9.17) is 12.2 Å². The zero-order chi connectivity index (χ0) is 33.2. The Kier molecular flexibility index (Phi) is 7.82. The van der Waals surface area contributed by atoms with Gasteiger partial charge >= 0.3 is 12.4 Å². The number of thiocarbonyl (C=S) groups is 1. The zero-order valence-corrected chi connectivity index (χ0v) is 26.1. The molecule has 0 aromatic heterocycles. The molecule has 0 unspecified atom stereocenters. The van der Waals surface area contributed by atoms with Crippen molar-refractivity contribution in [1.29, 1.82) is 0 Å². The van der Waals surface area contributed by atoms with E-state index in [1.807, 2.05) is 37.8 Å². The summed E-state index contributed by atoms with van der Waals surface area (Å²) < 4.78 is 80.6. The van der Waals surface area contributed by atoms with Crippen LogP contribution < -0.4 is 10.6 Å². The molecule has 240 valence electrons. The van der Waals surface area contributed by atoms with Crippen LogP contribution in [0.5, 0.6) is 0 Å². The first-order chi connectivity index (χ1) is 21.5. The molecule has 6 rings (SSSR count). The van der Waals surface area contributed by atoms with Gasteiger partial charge in [-0.15, -0.1) is 0 Å². The Hall–Kier alpha value is -4.12. The van der Waals surface area contributed by atoms with Crippen molar-refractivity contribution in [3.05, 3.63) is 89.5 Å². The third-order valence-corrected chi connectivity index (χ3v) is 8.89. The third kappa shape index (κ3) is 5.92. The van der Waals surface area contributed by atoms with Gasteiger partial charge in [-0.25, -0.2) is 0 Å². The number of hydrogen-bond donors (Lipinski definition) is 2. The number of halogens is 6. The summed E-state index contributed by atoms with van der Waals surface area (Å²) in [5.41, 5.74) is -3.13. The molecule has 1 saturated heterocycles. The van der Waals surface area contributed by atoms with Crippen LogP contribution in [0, 0.1) is 5.41 Å². The minimum atomic E-state index is -5.01. The highest BCUT2D eigenvalue weighted by atomic mass is 32.1. The average molecular weight is 656 g/mol. The molecule has 2 atom stereocenters. The monoisotopic (exact) mass is 655 g/mol. The molecule has 5 aromatic carbocycles. The van der Waals surface area contributed by atoms with E-state index in [2.05, 4.69) is 53.1 Å². The van der Waals surface area contributed by atoms with E-state index in [0.717, 1.165) is 45.3 Å². The minimum absolute atomic E-state index is 0.0515. The van der Waals surface area contributed by atoms with E-state index >= 15 is 0 Å². The van der Waals surface area contributed by atoms with E-state index < -0.39 is 40.6 Å². The Morgan fingerprint density at radius 2 is 1.41 bits per heavy atom. The summed E-state index contributed by atoms with van der Waals surface area (Å²) in [6.45, 7) is 5.94. The van der Waals surface area contributed by atoms with Gasteiger partial charge in [0.25, 0.3) is 0 Å². The van der Waals surface area contributed by atoms with Crippen LogP contribution in [-0.4, -0.2) is 28.5 Å². The Bertz CT molecular complexity index is 1930. The maximum atomic E-state index is 14.3. The fraction of sp³-hybridized carbons (Fsp3) is 0.314. The van der Waals surface area contributed by atoms with Crippen molar-refractivity contribution in [2.24, 2.45) is 5.41 Å². The Balaban J connectivity index is 1.32. The summed E-state index contributed by atoms with van der Waals surface area (Å²) >= 11 is 5.36. The first kappa shape index (κ1) is 31.8. The van der Waals surface area contributed by atoms with Gasteiger partial charge in [0, 0.05) is 12.2 Å². The molecule has 11 heteroatoms. The highest BCUT2D eigenvalue weighted by Gasteiger charge is 2.41. The largest absolute Gasteiger partial charge is 0.416 e. The van der Waals surface area contributed by atoms with Crippen molar-refractivity contribution in [3.8, 4) is 0 Å². The molecule has 0 radical (unpaired) electrons. The molecule has 0 aliphatic carbocycles. The molecule has 1 heterocycles. The summed E-state index contributed by atoms with van der Waals surface area (Å²) in [5.74, 6) is -0.260. The van der Waals surface area contributed by atoms with Gasteiger partial charge in [0.15, 0.2) is 5.11 Å². The summed E-state index contributed by atoms with van der Waals surface area (Å²) in [6, 6.07) is 18.7. The summed E-state index contributed by atoms with van der Waals surface area (Å²) in [7, 11) is 0. The second-order valence-corrected chi connectivity index (χ2v) is 13.3. The lowest BCUT2D eigenvalue weighted by atomic mass is 9.85. The first-order valence-corrected chi connectivity index (χ1v) is 15.3. The standard InChI is InChI=1S/C35H31F6N3OS/c1-33(2,3)30(43-32(46)42-24-17-22(34(36,37)38)16-23(18-24)35(39,40)41)31(45)44-14-6-11-27(44)26-15-21-9-4-7-19-12-13-20-8-5-10-25(26)29(20)28(19)21/h4-5,7-10,12-13,15-18,27,30H,6,11,14H2,1-3H3,(H2,42,43,46)/t27-,30-/m0/s1. The summed E-state index contributed by atoms with van der Waals surface area (Å²) in [4.78, 5) is 16.1. The normalized spacial score (nSPS) is 16.8. The van der Waals surface area contributed by atoms with E-state index in [1.165, 1.54) is 5.39 Å². The molecule has 0 bridgehead atoms. The van der Waals surface area contributed by atoms with Crippen LogP contribution in [0.15, 0.2) is 72.8 Å². The topological polar surface area (TPSA) is 44.4 Å². The van der Waals surface area contributed by atoms with Crippen molar-refractivity contribution in [2.45, 2.75) is 58.0 Å². The lowest BCUT2D eigenvalue weighted by Gasteiger charge is -2.37. The van der Waals surface area contributed by atoms with Gasteiger partial charge < -0.3 is 15.5 Å². The SMILES string of the molecule is CC(C)(C)[C@@H](NC(=S)Nc1cc(C(F)(F)F)cc(C(F)(F)F)c1)C(=O)N1CCC[C@H]1c1cc2cccc3ccc4cccc1c4c32. The molecule has 1 aliphatic rings. The van der Waals surface area contributed by atoms with Gasteiger partial charge in [-0.05, 0) is 92.6 Å². The smallest absolute Gasteiger partial charge is 0.350 e. The highest BCUT2D eigenvalue weighted by molar-refractivity contribution is 7.80. The van der Waals surface area contributed by atoms with E-state index in [9.17, 15) is 31.1 Å². The number of carbonyl (C=O) groups is 1. The van der Waals surface area contributed by atoms with Gasteiger partial charge in [0.2, 0.25) is 5.91 Å². The number of hydrogen-bond acceptors (Lipinski definition) is 2. The number of carbonyl (C=O) groups excluding carboxylic acids is 1. The molecular weight excluding hydrogens is 624 g/mol. The maximum absolute atomic E-state index is 14.3. The van der Waals surface area contributed by atoms with Crippen LogP contribution in [0.25, 0.3) is 32.3 Å². The van der Waals surface area contributed by atoms with Crippen LogP contribution in [0.1, 0.15) is 56.3 Å². The second-order valence-electron chi connectivity index (χ2n) is 12.9. The highest BCUT2D eigenvalue weighted by Crippen LogP contribution is 2.43. The molecule has 2 N–H and O–H groups in total. The van der Waals surface area contributed by atoms with Crippen LogP contribution in [-0.2, 0) is 17.1 Å². The Morgan fingerprint density at radius 3 is 2.02 bits per heavy atom. The maximum Gasteiger partial charge on any atom is 0.416 e. The lowest BCUT2D eigenvalue weighted by Crippen LogP contribution is -2.55. The van der Waals surface area contributed by atoms with Gasteiger partial charge in [-0.1, -0.05) is 69.3 Å². The fourth-order valence-corrected chi connectivity index (χ4v) is 6.80. The first-order valence-electron chi connectivity index (χ1n) is 14.9. The summed E-state index contributed by atoms with van der Waals surface area (Å²) in [6.07, 6.45) is -8.52. The molecule has 1 aliphatic heterocycles. The number of rotatable bonds is 4.